The zero-order chi connectivity index (χ0) is 16.2. The van der Waals surface area contributed by atoms with Gasteiger partial charge in [-0.15, -0.1) is 0 Å². The number of ether oxygens (including phenoxy) is 1. The molecule has 1 fully saturated rings. The molecule has 1 aromatic heterocycles. The largest absolute Gasteiger partial charge is 0.381 e. The molecule has 1 saturated heterocycles. The van der Waals surface area contributed by atoms with Crippen molar-refractivity contribution >= 4 is 22.6 Å². The molecule has 0 spiro atoms. The molecule has 2 heterocycles. The van der Waals surface area contributed by atoms with Crippen LogP contribution in [0.3, 0.4) is 0 Å². The third-order valence-corrected chi connectivity index (χ3v) is 4.70. The predicted molar refractivity (Wildman–Crippen MR) is 92.8 cm³/mol. The molecule has 0 unspecified atom stereocenters. The van der Waals surface area contributed by atoms with Crippen molar-refractivity contribution < 1.29 is 9.53 Å². The van der Waals surface area contributed by atoms with Gasteiger partial charge in [0.1, 0.15) is 0 Å². The highest BCUT2D eigenvalue weighted by atomic mass is 16.5. The zero-order valence-corrected chi connectivity index (χ0v) is 13.8. The van der Waals surface area contributed by atoms with E-state index in [1.165, 1.54) is 5.39 Å². The van der Waals surface area contributed by atoms with Crippen molar-refractivity contribution in [3.8, 4) is 0 Å². The summed E-state index contributed by atoms with van der Waals surface area (Å²) in [7, 11) is 0. The van der Waals surface area contributed by atoms with Crippen molar-refractivity contribution in [2.75, 3.05) is 18.5 Å². The number of nitrogens with zero attached hydrogens (tertiary/aromatic N) is 1. The maximum Gasteiger partial charge on any atom is 0.319 e. The highest BCUT2D eigenvalue weighted by Crippen LogP contribution is 2.21. The number of anilines is 1. The smallest absolute Gasteiger partial charge is 0.319 e. The minimum absolute atomic E-state index is 0.141. The maximum atomic E-state index is 12.2. The second-order valence-corrected chi connectivity index (χ2v) is 6.21. The van der Waals surface area contributed by atoms with E-state index in [2.05, 4.69) is 41.3 Å². The minimum Gasteiger partial charge on any atom is -0.381 e. The lowest BCUT2D eigenvalue weighted by molar-refractivity contribution is 0.0573. The Balaban J connectivity index is 1.62. The van der Waals surface area contributed by atoms with E-state index in [0.29, 0.717) is 5.92 Å². The van der Waals surface area contributed by atoms with Crippen LogP contribution in [0.25, 0.3) is 10.9 Å². The van der Waals surface area contributed by atoms with Crippen LogP contribution in [0.1, 0.15) is 26.7 Å². The number of rotatable bonds is 4. The Morgan fingerprint density at radius 1 is 1.35 bits per heavy atom. The van der Waals surface area contributed by atoms with Crippen LogP contribution in [0.15, 0.2) is 30.5 Å². The summed E-state index contributed by atoms with van der Waals surface area (Å²) in [5, 5.41) is 7.20. The van der Waals surface area contributed by atoms with Gasteiger partial charge in [0.05, 0.1) is 5.52 Å². The number of carbonyl (C=O) groups excluding carboxylic acids is 1. The quantitative estimate of drug-likeness (QED) is 0.906. The van der Waals surface area contributed by atoms with Crippen LogP contribution in [0.5, 0.6) is 0 Å². The normalized spacial score (nSPS) is 17.1. The summed E-state index contributed by atoms with van der Waals surface area (Å²) in [5.41, 5.74) is 1.96. The lowest BCUT2D eigenvalue weighted by Gasteiger charge is -2.28. The van der Waals surface area contributed by atoms with Gasteiger partial charge in [-0.05, 0) is 56.2 Å². The van der Waals surface area contributed by atoms with Gasteiger partial charge >= 0.3 is 6.03 Å². The number of hydrogen-bond acceptors (Lipinski definition) is 2. The Morgan fingerprint density at radius 3 is 2.87 bits per heavy atom. The molecule has 0 radical (unpaired) electrons. The number of carbonyl (C=O) groups is 1. The standard InChI is InChI=1S/C18H25N3O2/c1-3-21-9-6-15-4-5-16(12-17(15)21)20-18(22)19-13(2)14-7-10-23-11-8-14/h4-6,9,12-14H,3,7-8,10-11H2,1-2H3,(H2,19,20,22)/t13-/m0/s1. The number of urea groups is 1. The molecule has 0 saturated carbocycles. The van der Waals surface area contributed by atoms with Crippen LogP contribution in [0.4, 0.5) is 10.5 Å². The van der Waals surface area contributed by atoms with Gasteiger partial charge in [0.15, 0.2) is 0 Å². The minimum atomic E-state index is -0.141. The third kappa shape index (κ3) is 3.67. The van der Waals surface area contributed by atoms with E-state index in [-0.39, 0.29) is 12.1 Å². The highest BCUT2D eigenvalue weighted by Gasteiger charge is 2.21. The van der Waals surface area contributed by atoms with Crippen molar-refractivity contribution in [1.29, 1.82) is 0 Å². The molecule has 1 aliphatic heterocycles. The highest BCUT2D eigenvalue weighted by molar-refractivity contribution is 5.93. The zero-order valence-electron chi connectivity index (χ0n) is 13.8. The molecule has 1 aromatic carbocycles. The molecular formula is C18H25N3O2. The fraction of sp³-hybridized carbons (Fsp3) is 0.500. The van der Waals surface area contributed by atoms with Crippen LogP contribution in [-0.2, 0) is 11.3 Å². The first kappa shape index (κ1) is 15.9. The summed E-state index contributed by atoms with van der Waals surface area (Å²) in [5.74, 6) is 0.495. The fourth-order valence-electron chi connectivity index (χ4n) is 3.25. The van der Waals surface area contributed by atoms with Crippen molar-refractivity contribution in [2.24, 2.45) is 5.92 Å². The van der Waals surface area contributed by atoms with Crippen LogP contribution in [0, 0.1) is 5.92 Å². The van der Waals surface area contributed by atoms with Crippen molar-refractivity contribution in [1.82, 2.24) is 9.88 Å². The molecule has 2 aromatic rings. The number of amides is 2. The van der Waals surface area contributed by atoms with Crippen LogP contribution in [-0.4, -0.2) is 29.9 Å². The third-order valence-electron chi connectivity index (χ3n) is 4.70. The lowest BCUT2D eigenvalue weighted by atomic mass is 9.93. The van der Waals surface area contributed by atoms with Gasteiger partial charge in [0.2, 0.25) is 0 Å². The summed E-state index contributed by atoms with van der Waals surface area (Å²) < 4.78 is 7.54. The van der Waals surface area contributed by atoms with E-state index in [4.69, 9.17) is 4.74 Å². The molecular weight excluding hydrogens is 290 g/mol. The molecule has 5 heteroatoms. The van der Waals surface area contributed by atoms with E-state index >= 15 is 0 Å². The molecule has 5 nitrogen and oxygen atoms in total. The molecule has 3 rings (SSSR count). The topological polar surface area (TPSA) is 55.3 Å². The summed E-state index contributed by atoms with van der Waals surface area (Å²) in [6, 6.07) is 8.12. The van der Waals surface area contributed by atoms with E-state index in [9.17, 15) is 4.79 Å². The monoisotopic (exact) mass is 315 g/mol. The van der Waals surface area contributed by atoms with Crippen LogP contribution >= 0.6 is 0 Å². The molecule has 1 atom stereocenters. The van der Waals surface area contributed by atoms with Gasteiger partial charge in [-0.2, -0.15) is 0 Å². The average Bonchev–Trinajstić information content (AvgIpc) is 2.97. The van der Waals surface area contributed by atoms with E-state index in [1.54, 1.807) is 0 Å². The van der Waals surface area contributed by atoms with Gasteiger partial charge < -0.3 is 19.9 Å². The molecule has 2 N–H and O–H groups in total. The van der Waals surface area contributed by atoms with Crippen LogP contribution < -0.4 is 10.6 Å². The Kier molecular flexibility index (Phi) is 4.86. The molecule has 1 aliphatic rings. The Bertz CT molecular complexity index is 674. The van der Waals surface area contributed by atoms with Gasteiger partial charge in [-0.25, -0.2) is 4.79 Å². The van der Waals surface area contributed by atoms with E-state index in [0.717, 1.165) is 43.8 Å². The summed E-state index contributed by atoms with van der Waals surface area (Å²) >= 11 is 0. The Morgan fingerprint density at radius 2 is 2.13 bits per heavy atom. The second-order valence-electron chi connectivity index (χ2n) is 6.21. The number of aromatic nitrogens is 1. The molecule has 0 aliphatic carbocycles. The first-order valence-corrected chi connectivity index (χ1v) is 8.41. The van der Waals surface area contributed by atoms with Crippen molar-refractivity contribution in [3.05, 3.63) is 30.5 Å². The maximum absolute atomic E-state index is 12.2. The van der Waals surface area contributed by atoms with Gasteiger partial charge in [-0.3, -0.25) is 0 Å². The van der Waals surface area contributed by atoms with Gasteiger partial charge in [-0.1, -0.05) is 6.07 Å². The molecule has 2 amide bonds. The van der Waals surface area contributed by atoms with Gasteiger partial charge in [0, 0.05) is 37.7 Å². The fourth-order valence-corrected chi connectivity index (χ4v) is 3.25. The molecule has 23 heavy (non-hydrogen) atoms. The lowest BCUT2D eigenvalue weighted by Crippen LogP contribution is -2.42. The molecule has 0 bridgehead atoms. The Labute approximate surface area is 137 Å². The van der Waals surface area contributed by atoms with Crippen LogP contribution in [0.2, 0.25) is 0 Å². The Hall–Kier alpha value is -2.01. The first-order chi connectivity index (χ1) is 11.2. The summed E-state index contributed by atoms with van der Waals surface area (Å²) in [6.45, 7) is 6.69. The number of aryl methyl sites for hydroxylation is 1. The van der Waals surface area contributed by atoms with Crippen molar-refractivity contribution in [2.45, 2.75) is 39.3 Å². The van der Waals surface area contributed by atoms with E-state index < -0.39 is 0 Å². The average molecular weight is 315 g/mol. The number of fused-ring (bicyclic) bond motifs is 1. The predicted octanol–water partition coefficient (Wildman–Crippen LogP) is 3.60. The number of benzene rings is 1. The molecule has 124 valence electrons. The number of hydrogen-bond donors (Lipinski definition) is 2. The number of nitrogens with one attached hydrogen (secondary N) is 2. The second kappa shape index (κ2) is 7.04. The van der Waals surface area contributed by atoms with Crippen molar-refractivity contribution in [3.63, 3.8) is 0 Å². The first-order valence-electron chi connectivity index (χ1n) is 8.41. The summed E-state index contributed by atoms with van der Waals surface area (Å²) in [4.78, 5) is 12.2. The van der Waals surface area contributed by atoms with E-state index in [1.807, 2.05) is 18.2 Å². The summed E-state index contributed by atoms with van der Waals surface area (Å²) in [6.07, 6.45) is 4.09. The van der Waals surface area contributed by atoms with Gasteiger partial charge in [0.25, 0.3) is 0 Å². The SMILES string of the molecule is CCn1ccc2ccc(NC(=O)N[C@@H](C)C3CCOCC3)cc21.